The lowest BCUT2D eigenvalue weighted by atomic mass is 10.0. The maximum atomic E-state index is 15.3. The first-order valence-electron chi connectivity index (χ1n) is 12.9. The Kier molecular flexibility index (Phi) is 7.02. The van der Waals surface area contributed by atoms with Gasteiger partial charge in [-0.3, -0.25) is 9.78 Å². The third-order valence-electron chi connectivity index (χ3n) is 6.82. The molecule has 42 heavy (non-hydrogen) atoms. The molecule has 3 heterocycles. The Labute approximate surface area is 239 Å². The Morgan fingerprint density at radius 2 is 1.55 bits per heavy atom. The topological polar surface area (TPSA) is 108 Å². The Morgan fingerprint density at radius 3 is 2.29 bits per heavy atom. The third kappa shape index (κ3) is 4.90. The molecule has 3 aromatic carbocycles. The molecule has 0 radical (unpaired) electrons. The third-order valence-corrected chi connectivity index (χ3v) is 6.82. The van der Waals surface area contributed by atoms with Crippen LogP contribution in [0.4, 0.5) is 15.9 Å². The molecule has 0 aliphatic rings. The van der Waals surface area contributed by atoms with Crippen molar-refractivity contribution in [2.45, 2.75) is 0 Å². The van der Waals surface area contributed by atoms with Crippen molar-refractivity contribution in [3.8, 4) is 39.9 Å². The van der Waals surface area contributed by atoms with Gasteiger partial charge in [0.15, 0.2) is 23.1 Å². The quantitative estimate of drug-likeness (QED) is 0.207. The summed E-state index contributed by atoms with van der Waals surface area (Å²) < 4.78 is 37.2. The number of nitrogens with one attached hydrogen (secondary N) is 2. The van der Waals surface area contributed by atoms with E-state index in [0.717, 1.165) is 5.56 Å². The van der Waals surface area contributed by atoms with Gasteiger partial charge in [0.05, 0.1) is 37.7 Å². The zero-order valence-electron chi connectivity index (χ0n) is 22.9. The van der Waals surface area contributed by atoms with E-state index in [1.807, 2.05) is 12.1 Å². The van der Waals surface area contributed by atoms with Gasteiger partial charge < -0.3 is 29.2 Å². The number of fused-ring (bicyclic) bond motifs is 2. The lowest BCUT2D eigenvalue weighted by molar-refractivity contribution is 0.355. The number of rotatable bonds is 8. The van der Waals surface area contributed by atoms with Gasteiger partial charge in [0.2, 0.25) is 5.43 Å². The Morgan fingerprint density at radius 1 is 0.786 bits per heavy atom. The largest absolute Gasteiger partial charge is 0.497 e. The molecule has 9 nitrogen and oxygen atoms in total. The molecule has 210 valence electrons. The van der Waals surface area contributed by atoms with Gasteiger partial charge in [0.25, 0.3) is 0 Å². The van der Waals surface area contributed by atoms with E-state index in [1.54, 1.807) is 75.3 Å². The molecular formula is C32H25FN4O5. The van der Waals surface area contributed by atoms with Gasteiger partial charge in [-0.15, -0.1) is 0 Å². The molecule has 0 saturated heterocycles. The minimum absolute atomic E-state index is 0.00773. The fourth-order valence-corrected chi connectivity index (χ4v) is 4.69. The average Bonchev–Trinajstić information content (AvgIpc) is 3.02. The molecule has 0 unspecified atom stereocenters. The molecule has 0 fully saturated rings. The fourth-order valence-electron chi connectivity index (χ4n) is 4.69. The summed E-state index contributed by atoms with van der Waals surface area (Å²) in [5.41, 5.74) is 2.55. The van der Waals surface area contributed by atoms with Crippen molar-refractivity contribution in [3.63, 3.8) is 0 Å². The van der Waals surface area contributed by atoms with Crippen LogP contribution in [-0.4, -0.2) is 36.3 Å². The minimum Gasteiger partial charge on any atom is -0.497 e. The Balaban J connectivity index is 1.31. The Bertz CT molecular complexity index is 1990. The second-order valence-electron chi connectivity index (χ2n) is 9.25. The van der Waals surface area contributed by atoms with Crippen molar-refractivity contribution in [3.05, 3.63) is 101 Å². The lowest BCUT2D eigenvalue weighted by Crippen LogP contribution is -2.10. The van der Waals surface area contributed by atoms with Crippen LogP contribution in [0.15, 0.2) is 90.1 Å². The van der Waals surface area contributed by atoms with Crippen molar-refractivity contribution < 1.29 is 23.3 Å². The predicted octanol–water partition coefficient (Wildman–Crippen LogP) is 6.84. The van der Waals surface area contributed by atoms with Crippen LogP contribution >= 0.6 is 0 Å². The summed E-state index contributed by atoms with van der Waals surface area (Å²) in [5.74, 6) is 1.79. The summed E-state index contributed by atoms with van der Waals surface area (Å²) in [6.07, 6.45) is 4.80. The molecular weight excluding hydrogens is 539 g/mol. The molecule has 0 aliphatic heterocycles. The average molecular weight is 565 g/mol. The summed E-state index contributed by atoms with van der Waals surface area (Å²) in [5, 5.41) is 4.06. The fraction of sp³-hybridized carbons (Fsp3) is 0.0938. The number of H-pyrrole nitrogens is 1. The van der Waals surface area contributed by atoms with Crippen molar-refractivity contribution in [2.24, 2.45) is 0 Å². The minimum atomic E-state index is -0.612. The zero-order valence-corrected chi connectivity index (χ0v) is 22.9. The molecule has 0 spiro atoms. The van der Waals surface area contributed by atoms with Crippen LogP contribution in [0, 0.1) is 5.82 Å². The van der Waals surface area contributed by atoms with Crippen molar-refractivity contribution in [1.29, 1.82) is 0 Å². The van der Waals surface area contributed by atoms with E-state index in [-0.39, 0.29) is 11.2 Å². The van der Waals surface area contributed by atoms with Crippen LogP contribution in [0.5, 0.6) is 28.7 Å². The standard InChI is InChI=1S/C32H25FN4O5/c1-39-20-7-4-18(5-8-20)22-17-36-24-10-12-35-32(30(24)31(22)38)37-19-6-9-27(23(33)14-19)42-26-11-13-34-25-16-29(41-3)28(40-2)15-21(25)26/h4-17H,1-3H3,(H,35,37)(H,36,38). The van der Waals surface area contributed by atoms with E-state index in [1.165, 1.54) is 19.2 Å². The van der Waals surface area contributed by atoms with Gasteiger partial charge in [0.1, 0.15) is 17.3 Å². The zero-order chi connectivity index (χ0) is 29.2. The smallest absolute Gasteiger partial charge is 0.200 e. The van der Waals surface area contributed by atoms with Gasteiger partial charge in [0, 0.05) is 47.4 Å². The van der Waals surface area contributed by atoms with E-state index in [0.29, 0.717) is 61.9 Å². The highest BCUT2D eigenvalue weighted by atomic mass is 19.1. The van der Waals surface area contributed by atoms with Crippen LogP contribution in [-0.2, 0) is 0 Å². The number of methoxy groups -OCH3 is 3. The van der Waals surface area contributed by atoms with Crippen LogP contribution in [0.2, 0.25) is 0 Å². The maximum Gasteiger partial charge on any atom is 0.200 e. The highest BCUT2D eigenvalue weighted by Crippen LogP contribution is 2.38. The molecule has 6 aromatic rings. The van der Waals surface area contributed by atoms with Crippen LogP contribution in [0.1, 0.15) is 0 Å². The van der Waals surface area contributed by atoms with Gasteiger partial charge in [-0.05, 0) is 48.0 Å². The summed E-state index contributed by atoms with van der Waals surface area (Å²) in [6, 6.07) is 18.4. The number of nitrogens with zero attached hydrogens (tertiary/aromatic N) is 2. The van der Waals surface area contributed by atoms with E-state index in [4.69, 9.17) is 18.9 Å². The summed E-state index contributed by atoms with van der Waals surface area (Å²) in [4.78, 5) is 25.5. The van der Waals surface area contributed by atoms with E-state index < -0.39 is 5.82 Å². The van der Waals surface area contributed by atoms with Gasteiger partial charge >= 0.3 is 0 Å². The highest BCUT2D eigenvalue weighted by Gasteiger charge is 2.16. The maximum absolute atomic E-state index is 15.3. The van der Waals surface area contributed by atoms with Crippen molar-refractivity contribution >= 4 is 33.3 Å². The molecule has 0 saturated carbocycles. The van der Waals surface area contributed by atoms with Crippen LogP contribution in [0.3, 0.4) is 0 Å². The SMILES string of the molecule is COc1ccc(-c2c[nH]c3ccnc(Nc4ccc(Oc5ccnc6cc(OC)c(OC)cc56)c(F)c4)c3c2=O)cc1. The first-order chi connectivity index (χ1) is 20.5. The summed E-state index contributed by atoms with van der Waals surface area (Å²) in [6.45, 7) is 0. The first kappa shape index (κ1) is 26.6. The molecule has 0 bridgehead atoms. The first-order valence-corrected chi connectivity index (χ1v) is 12.9. The number of ether oxygens (including phenoxy) is 4. The molecule has 0 atom stereocenters. The molecule has 10 heteroatoms. The molecule has 2 N–H and O–H groups in total. The molecule has 6 rings (SSSR count). The number of aromatic nitrogens is 3. The van der Waals surface area contributed by atoms with Gasteiger partial charge in [-0.2, -0.15) is 0 Å². The Hall–Kier alpha value is -5.64. The normalized spacial score (nSPS) is 11.0. The predicted molar refractivity (Wildman–Crippen MR) is 159 cm³/mol. The number of anilines is 2. The van der Waals surface area contributed by atoms with Crippen LogP contribution < -0.4 is 29.7 Å². The van der Waals surface area contributed by atoms with E-state index in [2.05, 4.69) is 20.3 Å². The second-order valence-corrected chi connectivity index (χ2v) is 9.25. The van der Waals surface area contributed by atoms with Crippen molar-refractivity contribution in [2.75, 3.05) is 26.6 Å². The number of halogens is 1. The van der Waals surface area contributed by atoms with E-state index >= 15 is 4.39 Å². The number of benzene rings is 3. The number of hydrogen-bond donors (Lipinski definition) is 2. The number of pyridine rings is 3. The molecule has 0 amide bonds. The monoisotopic (exact) mass is 564 g/mol. The van der Waals surface area contributed by atoms with E-state index in [9.17, 15) is 4.79 Å². The van der Waals surface area contributed by atoms with Crippen molar-refractivity contribution in [1.82, 2.24) is 15.0 Å². The highest BCUT2D eigenvalue weighted by molar-refractivity contribution is 5.93. The lowest BCUT2D eigenvalue weighted by Gasteiger charge is -2.14. The molecule has 0 aliphatic carbocycles. The van der Waals surface area contributed by atoms with Crippen LogP contribution in [0.25, 0.3) is 32.9 Å². The molecule has 3 aromatic heterocycles. The number of hydrogen-bond acceptors (Lipinski definition) is 8. The van der Waals surface area contributed by atoms with Gasteiger partial charge in [-0.1, -0.05) is 12.1 Å². The number of aromatic amines is 1. The summed E-state index contributed by atoms with van der Waals surface area (Å²) in [7, 11) is 4.66. The van der Waals surface area contributed by atoms with Gasteiger partial charge in [-0.25, -0.2) is 9.37 Å². The summed E-state index contributed by atoms with van der Waals surface area (Å²) >= 11 is 0. The second kappa shape index (κ2) is 11.1.